The molecule has 0 saturated heterocycles. The van der Waals surface area contributed by atoms with Crippen molar-refractivity contribution in [1.29, 1.82) is 0 Å². The van der Waals surface area contributed by atoms with Gasteiger partial charge in [-0.05, 0) is 32.0 Å². The average molecular weight is 276 g/mol. The zero-order valence-electron chi connectivity index (χ0n) is 10.2. The van der Waals surface area contributed by atoms with E-state index < -0.39 is 0 Å². The number of ether oxygens (including phenoxy) is 1. The Labute approximate surface area is 111 Å². The normalized spacial score (nSPS) is 10.8. The molecule has 0 fully saturated rings. The molecule has 1 aromatic heterocycles. The van der Waals surface area contributed by atoms with Crippen LogP contribution < -0.4 is 0 Å². The molecular weight excluding hydrogens is 258 g/mol. The van der Waals surface area contributed by atoms with E-state index in [1.807, 2.05) is 19.1 Å². The van der Waals surface area contributed by atoms with Crippen LogP contribution in [0.4, 0.5) is 0 Å². The summed E-state index contributed by atoms with van der Waals surface area (Å²) >= 11 is 7.44. The molecule has 0 saturated carbocycles. The highest BCUT2D eigenvalue weighted by atomic mass is 35.5. The van der Waals surface area contributed by atoms with Crippen LogP contribution in [0, 0.1) is 0 Å². The van der Waals surface area contributed by atoms with Gasteiger partial charge in [-0.25, -0.2) is 0 Å². The first-order valence-electron chi connectivity index (χ1n) is 5.77. The lowest BCUT2D eigenvalue weighted by atomic mass is 10.3. The summed E-state index contributed by atoms with van der Waals surface area (Å²) in [5, 5.41) is 0. The summed E-state index contributed by atoms with van der Waals surface area (Å²) in [6.07, 6.45) is 1.01. The largest absolute Gasteiger partial charge is 0.465 e. The van der Waals surface area contributed by atoms with E-state index in [1.165, 1.54) is 4.88 Å². The minimum Gasteiger partial charge on any atom is -0.465 e. The highest BCUT2D eigenvalue weighted by Gasteiger charge is 2.12. The van der Waals surface area contributed by atoms with Gasteiger partial charge in [0.2, 0.25) is 0 Å². The Bertz CT molecular complexity index is 354. The number of rotatable bonds is 7. The summed E-state index contributed by atoms with van der Waals surface area (Å²) < 4.78 is 5.74. The molecule has 0 N–H and O–H groups in total. The smallest absolute Gasteiger partial charge is 0.320 e. The quantitative estimate of drug-likeness (QED) is 0.716. The summed E-state index contributed by atoms with van der Waals surface area (Å²) in [6, 6.07) is 3.89. The second kappa shape index (κ2) is 7.69. The third kappa shape index (κ3) is 5.52. The highest BCUT2D eigenvalue weighted by Crippen LogP contribution is 2.22. The molecule has 1 heterocycles. The van der Waals surface area contributed by atoms with Crippen molar-refractivity contribution in [2.75, 3.05) is 19.7 Å². The number of hydrogen-bond donors (Lipinski definition) is 0. The van der Waals surface area contributed by atoms with E-state index in [0.29, 0.717) is 13.2 Å². The van der Waals surface area contributed by atoms with E-state index in [2.05, 4.69) is 11.8 Å². The SMILES string of the molecule is CCCN(CC(=O)OCC)Cc1ccc(Cl)s1. The summed E-state index contributed by atoms with van der Waals surface area (Å²) in [7, 11) is 0. The topological polar surface area (TPSA) is 29.5 Å². The number of carbonyl (C=O) groups is 1. The van der Waals surface area contributed by atoms with Gasteiger partial charge in [0.05, 0.1) is 17.5 Å². The van der Waals surface area contributed by atoms with Crippen LogP contribution in [0.15, 0.2) is 12.1 Å². The fraction of sp³-hybridized carbons (Fsp3) is 0.583. The first-order valence-corrected chi connectivity index (χ1v) is 6.97. The Morgan fingerprint density at radius 3 is 2.76 bits per heavy atom. The van der Waals surface area contributed by atoms with E-state index in [1.54, 1.807) is 11.3 Å². The summed E-state index contributed by atoms with van der Waals surface area (Å²) in [5.74, 6) is -0.163. The van der Waals surface area contributed by atoms with Crippen LogP contribution in [0.1, 0.15) is 25.1 Å². The van der Waals surface area contributed by atoms with Gasteiger partial charge in [-0.3, -0.25) is 9.69 Å². The molecule has 17 heavy (non-hydrogen) atoms. The van der Waals surface area contributed by atoms with Crippen molar-refractivity contribution in [3.05, 3.63) is 21.3 Å². The molecule has 0 bridgehead atoms. The maximum Gasteiger partial charge on any atom is 0.320 e. The fourth-order valence-corrected chi connectivity index (χ4v) is 2.71. The van der Waals surface area contributed by atoms with Gasteiger partial charge in [-0.1, -0.05) is 18.5 Å². The maximum atomic E-state index is 11.4. The van der Waals surface area contributed by atoms with Crippen molar-refractivity contribution in [2.45, 2.75) is 26.8 Å². The lowest BCUT2D eigenvalue weighted by molar-refractivity contribution is -0.144. The molecule has 0 atom stereocenters. The van der Waals surface area contributed by atoms with Gasteiger partial charge in [0, 0.05) is 11.4 Å². The van der Waals surface area contributed by atoms with Crippen LogP contribution in [0.2, 0.25) is 4.34 Å². The minimum absolute atomic E-state index is 0.163. The standard InChI is InChI=1S/C12H18ClNO2S/c1-3-7-14(9-12(15)16-4-2)8-10-5-6-11(13)17-10/h5-6H,3-4,7-9H2,1-2H3. The first-order chi connectivity index (χ1) is 8.15. The summed E-state index contributed by atoms with van der Waals surface area (Å²) in [4.78, 5) is 14.7. The van der Waals surface area contributed by atoms with Crippen molar-refractivity contribution in [3.63, 3.8) is 0 Å². The average Bonchev–Trinajstić information content (AvgIpc) is 2.64. The van der Waals surface area contributed by atoms with Crippen molar-refractivity contribution in [2.24, 2.45) is 0 Å². The summed E-state index contributed by atoms with van der Waals surface area (Å²) in [5.41, 5.74) is 0. The van der Waals surface area contributed by atoms with Crippen molar-refractivity contribution >= 4 is 28.9 Å². The molecule has 0 aliphatic heterocycles. The summed E-state index contributed by atoms with van der Waals surface area (Å²) in [6.45, 7) is 6.33. The first kappa shape index (κ1) is 14.5. The molecule has 0 aromatic carbocycles. The zero-order chi connectivity index (χ0) is 12.7. The van der Waals surface area contributed by atoms with Gasteiger partial charge in [0.15, 0.2) is 0 Å². The van der Waals surface area contributed by atoms with Crippen LogP contribution in [0.5, 0.6) is 0 Å². The zero-order valence-corrected chi connectivity index (χ0v) is 11.8. The van der Waals surface area contributed by atoms with E-state index in [0.717, 1.165) is 23.8 Å². The maximum absolute atomic E-state index is 11.4. The van der Waals surface area contributed by atoms with Gasteiger partial charge in [-0.2, -0.15) is 0 Å². The second-order valence-corrected chi connectivity index (χ2v) is 5.52. The molecule has 0 aliphatic carbocycles. The third-order valence-corrected chi connectivity index (χ3v) is 3.42. The van der Waals surface area contributed by atoms with Crippen molar-refractivity contribution < 1.29 is 9.53 Å². The molecule has 96 valence electrons. The van der Waals surface area contributed by atoms with E-state index in [-0.39, 0.29) is 5.97 Å². The Kier molecular flexibility index (Phi) is 6.55. The predicted octanol–water partition coefficient (Wildman–Crippen LogP) is 3.18. The molecule has 5 heteroatoms. The third-order valence-electron chi connectivity index (χ3n) is 2.21. The molecule has 0 radical (unpaired) electrons. The fourth-order valence-electron chi connectivity index (χ4n) is 1.58. The van der Waals surface area contributed by atoms with Crippen molar-refractivity contribution in [3.8, 4) is 0 Å². The predicted molar refractivity (Wildman–Crippen MR) is 71.5 cm³/mol. The van der Waals surface area contributed by atoms with Gasteiger partial charge in [0.1, 0.15) is 0 Å². The lowest BCUT2D eigenvalue weighted by Gasteiger charge is -2.19. The molecule has 1 aromatic rings. The molecule has 0 spiro atoms. The minimum atomic E-state index is -0.163. The highest BCUT2D eigenvalue weighted by molar-refractivity contribution is 7.16. The van der Waals surface area contributed by atoms with Gasteiger partial charge < -0.3 is 4.74 Å². The monoisotopic (exact) mass is 275 g/mol. The lowest BCUT2D eigenvalue weighted by Crippen LogP contribution is -2.31. The van der Waals surface area contributed by atoms with E-state index in [4.69, 9.17) is 16.3 Å². The van der Waals surface area contributed by atoms with E-state index in [9.17, 15) is 4.79 Å². The van der Waals surface area contributed by atoms with Gasteiger partial charge in [0.25, 0.3) is 0 Å². The van der Waals surface area contributed by atoms with Crippen LogP contribution in [-0.2, 0) is 16.1 Å². The molecule has 3 nitrogen and oxygen atoms in total. The number of nitrogens with zero attached hydrogens (tertiary/aromatic N) is 1. The number of halogens is 1. The Hall–Kier alpha value is -0.580. The van der Waals surface area contributed by atoms with Crippen LogP contribution in [0.3, 0.4) is 0 Å². The number of thiophene rings is 1. The van der Waals surface area contributed by atoms with Crippen LogP contribution in [0.25, 0.3) is 0 Å². The molecule has 1 rings (SSSR count). The number of esters is 1. The van der Waals surface area contributed by atoms with Gasteiger partial charge >= 0.3 is 5.97 Å². The molecule has 0 unspecified atom stereocenters. The Balaban J connectivity index is 2.50. The Morgan fingerprint density at radius 1 is 1.47 bits per heavy atom. The molecule has 0 aliphatic rings. The molecular formula is C12H18ClNO2S. The second-order valence-electron chi connectivity index (χ2n) is 3.72. The number of carbonyl (C=O) groups excluding carboxylic acids is 1. The number of hydrogen-bond acceptors (Lipinski definition) is 4. The van der Waals surface area contributed by atoms with Crippen LogP contribution in [-0.4, -0.2) is 30.6 Å². The van der Waals surface area contributed by atoms with Crippen LogP contribution >= 0.6 is 22.9 Å². The van der Waals surface area contributed by atoms with Crippen molar-refractivity contribution in [1.82, 2.24) is 4.90 Å². The van der Waals surface area contributed by atoms with Gasteiger partial charge in [-0.15, -0.1) is 11.3 Å². The Morgan fingerprint density at radius 2 is 2.24 bits per heavy atom. The van der Waals surface area contributed by atoms with E-state index >= 15 is 0 Å². The molecule has 0 amide bonds.